The van der Waals surface area contributed by atoms with Crippen LogP contribution in [-0.4, -0.2) is 34.3 Å². The molecule has 6 heteroatoms. The SMILES string of the molecule is OC1CCN(c2ncnc3c(Br)ccc(F)c23)CC1. The fourth-order valence-corrected chi connectivity index (χ4v) is 2.84. The molecule has 1 saturated heterocycles. The van der Waals surface area contributed by atoms with Gasteiger partial charge in [-0.05, 0) is 40.9 Å². The zero-order chi connectivity index (χ0) is 13.4. The number of hydrogen-bond donors (Lipinski definition) is 1. The Hall–Kier alpha value is -1.27. The van der Waals surface area contributed by atoms with Crippen molar-refractivity contribution in [3.63, 3.8) is 0 Å². The lowest BCUT2D eigenvalue weighted by Gasteiger charge is -2.31. The summed E-state index contributed by atoms with van der Waals surface area (Å²) in [6.45, 7) is 1.36. The number of nitrogens with zero attached hydrogens (tertiary/aromatic N) is 3. The minimum Gasteiger partial charge on any atom is -0.393 e. The highest BCUT2D eigenvalue weighted by Gasteiger charge is 2.22. The molecule has 0 amide bonds. The van der Waals surface area contributed by atoms with Crippen LogP contribution in [0.2, 0.25) is 0 Å². The monoisotopic (exact) mass is 325 g/mol. The molecule has 19 heavy (non-hydrogen) atoms. The molecule has 2 aromatic rings. The van der Waals surface area contributed by atoms with E-state index in [0.29, 0.717) is 42.7 Å². The minimum absolute atomic E-state index is 0.263. The lowest BCUT2D eigenvalue weighted by atomic mass is 10.1. The Labute approximate surface area is 118 Å². The molecule has 0 saturated carbocycles. The van der Waals surface area contributed by atoms with E-state index < -0.39 is 0 Å². The molecule has 1 aliphatic rings. The number of piperidine rings is 1. The maximum absolute atomic E-state index is 14.1. The summed E-state index contributed by atoms with van der Waals surface area (Å²) in [5.41, 5.74) is 0.580. The number of anilines is 1. The summed E-state index contributed by atoms with van der Waals surface area (Å²) in [6, 6.07) is 3.06. The second-order valence-corrected chi connectivity index (χ2v) is 5.52. The molecule has 2 heterocycles. The van der Waals surface area contributed by atoms with Crippen LogP contribution in [0.25, 0.3) is 10.9 Å². The third kappa shape index (κ3) is 2.30. The van der Waals surface area contributed by atoms with Crippen LogP contribution in [0.4, 0.5) is 10.2 Å². The number of halogens is 2. The fourth-order valence-electron chi connectivity index (χ4n) is 2.40. The van der Waals surface area contributed by atoms with Gasteiger partial charge >= 0.3 is 0 Å². The van der Waals surface area contributed by atoms with E-state index in [9.17, 15) is 9.50 Å². The zero-order valence-corrected chi connectivity index (χ0v) is 11.8. The summed E-state index contributed by atoms with van der Waals surface area (Å²) in [4.78, 5) is 10.4. The molecule has 0 aliphatic carbocycles. The summed E-state index contributed by atoms with van der Waals surface area (Å²) in [5.74, 6) is 0.288. The normalized spacial score (nSPS) is 17.1. The molecule has 4 nitrogen and oxygen atoms in total. The lowest BCUT2D eigenvalue weighted by molar-refractivity contribution is 0.145. The first kappa shape index (κ1) is 12.7. The van der Waals surface area contributed by atoms with Gasteiger partial charge in [-0.1, -0.05) is 0 Å². The van der Waals surface area contributed by atoms with Crippen LogP contribution in [0.15, 0.2) is 22.9 Å². The summed E-state index contributed by atoms with van der Waals surface area (Å²) < 4.78 is 14.8. The zero-order valence-electron chi connectivity index (χ0n) is 10.2. The lowest BCUT2D eigenvalue weighted by Crippen LogP contribution is -2.36. The van der Waals surface area contributed by atoms with Gasteiger partial charge in [0.1, 0.15) is 18.0 Å². The van der Waals surface area contributed by atoms with Gasteiger partial charge in [0.15, 0.2) is 0 Å². The van der Waals surface area contributed by atoms with Crippen LogP contribution in [0.3, 0.4) is 0 Å². The van der Waals surface area contributed by atoms with Gasteiger partial charge in [-0.15, -0.1) is 0 Å². The molecule has 0 atom stereocenters. The second kappa shape index (κ2) is 5.02. The second-order valence-electron chi connectivity index (χ2n) is 4.67. The van der Waals surface area contributed by atoms with Crippen molar-refractivity contribution < 1.29 is 9.50 Å². The Morgan fingerprint density at radius 1 is 1.26 bits per heavy atom. The molecule has 1 N–H and O–H groups in total. The summed E-state index contributed by atoms with van der Waals surface area (Å²) >= 11 is 3.38. The van der Waals surface area contributed by atoms with Crippen molar-refractivity contribution in [2.24, 2.45) is 0 Å². The third-order valence-electron chi connectivity index (χ3n) is 3.43. The van der Waals surface area contributed by atoms with Crippen molar-refractivity contribution >= 4 is 32.7 Å². The predicted molar refractivity (Wildman–Crippen MR) is 74.6 cm³/mol. The number of fused-ring (bicyclic) bond motifs is 1. The highest BCUT2D eigenvalue weighted by Crippen LogP contribution is 2.31. The van der Waals surface area contributed by atoms with E-state index in [1.54, 1.807) is 6.07 Å². The molecule has 0 radical (unpaired) electrons. The van der Waals surface area contributed by atoms with E-state index in [0.717, 1.165) is 4.47 Å². The van der Waals surface area contributed by atoms with Gasteiger partial charge < -0.3 is 10.0 Å². The highest BCUT2D eigenvalue weighted by molar-refractivity contribution is 9.10. The topological polar surface area (TPSA) is 49.2 Å². The average molecular weight is 326 g/mol. The number of aliphatic hydroxyl groups excluding tert-OH is 1. The molecule has 1 aliphatic heterocycles. The van der Waals surface area contributed by atoms with Gasteiger partial charge in [0.25, 0.3) is 0 Å². The molecule has 100 valence electrons. The summed E-state index contributed by atoms with van der Waals surface area (Å²) in [5, 5.41) is 9.98. The Morgan fingerprint density at radius 2 is 2.00 bits per heavy atom. The Morgan fingerprint density at radius 3 is 2.74 bits per heavy atom. The maximum atomic E-state index is 14.1. The van der Waals surface area contributed by atoms with Crippen molar-refractivity contribution in [2.45, 2.75) is 18.9 Å². The molecular formula is C13H13BrFN3O. The molecular weight excluding hydrogens is 313 g/mol. The van der Waals surface area contributed by atoms with E-state index in [1.807, 2.05) is 4.90 Å². The molecule has 1 aromatic heterocycles. The predicted octanol–water partition coefficient (Wildman–Crippen LogP) is 2.49. The summed E-state index contributed by atoms with van der Waals surface area (Å²) in [7, 11) is 0. The number of aromatic nitrogens is 2. The Kier molecular flexibility index (Phi) is 3.36. The van der Waals surface area contributed by atoms with E-state index in [1.165, 1.54) is 12.4 Å². The average Bonchev–Trinajstić information content (AvgIpc) is 2.43. The Balaban J connectivity index is 2.11. The van der Waals surface area contributed by atoms with E-state index in [2.05, 4.69) is 25.9 Å². The van der Waals surface area contributed by atoms with Crippen LogP contribution >= 0.6 is 15.9 Å². The minimum atomic E-state index is -0.320. The largest absolute Gasteiger partial charge is 0.393 e. The van der Waals surface area contributed by atoms with Gasteiger partial charge in [0.05, 0.1) is 17.0 Å². The quantitative estimate of drug-likeness (QED) is 0.875. The summed E-state index contributed by atoms with van der Waals surface area (Å²) in [6.07, 6.45) is 2.55. The first-order chi connectivity index (χ1) is 9.16. The van der Waals surface area contributed by atoms with E-state index in [-0.39, 0.29) is 11.9 Å². The first-order valence-electron chi connectivity index (χ1n) is 6.18. The molecule has 1 fully saturated rings. The smallest absolute Gasteiger partial charge is 0.142 e. The van der Waals surface area contributed by atoms with Crippen molar-refractivity contribution in [1.82, 2.24) is 9.97 Å². The van der Waals surface area contributed by atoms with Gasteiger partial charge in [-0.25, -0.2) is 14.4 Å². The van der Waals surface area contributed by atoms with Crippen molar-refractivity contribution in [2.75, 3.05) is 18.0 Å². The maximum Gasteiger partial charge on any atom is 0.142 e. The first-order valence-corrected chi connectivity index (χ1v) is 6.98. The van der Waals surface area contributed by atoms with Gasteiger partial charge in [-0.3, -0.25) is 0 Å². The number of aliphatic hydroxyl groups is 1. The van der Waals surface area contributed by atoms with E-state index in [4.69, 9.17) is 0 Å². The fraction of sp³-hybridized carbons (Fsp3) is 0.385. The van der Waals surface area contributed by atoms with Crippen LogP contribution in [-0.2, 0) is 0 Å². The molecule has 0 bridgehead atoms. The highest BCUT2D eigenvalue weighted by atomic mass is 79.9. The van der Waals surface area contributed by atoms with Gasteiger partial charge in [0.2, 0.25) is 0 Å². The third-order valence-corrected chi connectivity index (χ3v) is 4.07. The molecule has 0 unspecified atom stereocenters. The van der Waals surface area contributed by atoms with Crippen molar-refractivity contribution in [1.29, 1.82) is 0 Å². The van der Waals surface area contributed by atoms with Gasteiger partial charge in [-0.2, -0.15) is 0 Å². The van der Waals surface area contributed by atoms with Crippen LogP contribution in [0.1, 0.15) is 12.8 Å². The van der Waals surface area contributed by atoms with Crippen LogP contribution in [0, 0.1) is 5.82 Å². The number of hydrogen-bond acceptors (Lipinski definition) is 4. The standard InChI is InChI=1S/C13H13BrFN3O/c14-9-1-2-10(15)11-12(9)16-7-17-13(11)18-5-3-8(19)4-6-18/h1-2,7-8,19H,3-6H2. The molecule has 0 spiro atoms. The number of rotatable bonds is 1. The molecule has 1 aromatic carbocycles. The van der Waals surface area contributed by atoms with Crippen molar-refractivity contribution in [3.05, 3.63) is 28.7 Å². The number of benzene rings is 1. The van der Waals surface area contributed by atoms with Crippen LogP contribution in [0.5, 0.6) is 0 Å². The van der Waals surface area contributed by atoms with Crippen molar-refractivity contribution in [3.8, 4) is 0 Å². The van der Waals surface area contributed by atoms with Gasteiger partial charge in [0, 0.05) is 17.6 Å². The van der Waals surface area contributed by atoms with E-state index >= 15 is 0 Å². The molecule has 3 rings (SSSR count). The van der Waals surface area contributed by atoms with Crippen LogP contribution < -0.4 is 4.90 Å². The Bertz CT molecular complexity index is 614.